The monoisotopic (exact) mass is 275 g/mol. The van der Waals surface area contributed by atoms with Crippen molar-refractivity contribution in [1.29, 1.82) is 0 Å². The van der Waals surface area contributed by atoms with E-state index < -0.39 is 0 Å². The van der Waals surface area contributed by atoms with Crippen LogP contribution in [0.2, 0.25) is 0 Å². The van der Waals surface area contributed by atoms with E-state index in [4.69, 9.17) is 0 Å². The number of hydrogen-bond acceptors (Lipinski definition) is 3. The number of Topliss-reactive ketones (excluding diaryl/α,β-unsaturated/α-hetero) is 1. The van der Waals surface area contributed by atoms with E-state index in [1.54, 1.807) is 0 Å². The summed E-state index contributed by atoms with van der Waals surface area (Å²) in [6, 6.07) is 0.506. The van der Waals surface area contributed by atoms with Gasteiger partial charge in [-0.25, -0.2) is 4.98 Å². The maximum absolute atomic E-state index is 12.2. The molecule has 4 nitrogen and oxygen atoms in total. The van der Waals surface area contributed by atoms with Gasteiger partial charge in [0.15, 0.2) is 0 Å². The lowest BCUT2D eigenvalue weighted by Crippen LogP contribution is -2.41. The van der Waals surface area contributed by atoms with Crippen molar-refractivity contribution in [3.8, 4) is 0 Å². The number of rotatable bonds is 4. The van der Waals surface area contributed by atoms with Crippen LogP contribution in [0.4, 0.5) is 0 Å². The van der Waals surface area contributed by atoms with Gasteiger partial charge in [-0.2, -0.15) is 0 Å². The minimum atomic E-state index is 0.315. The van der Waals surface area contributed by atoms with Gasteiger partial charge in [0.1, 0.15) is 11.6 Å². The first-order valence-electron chi connectivity index (χ1n) is 8.00. The molecule has 4 heteroatoms. The fourth-order valence-corrected chi connectivity index (χ4v) is 3.88. The minimum Gasteiger partial charge on any atom is -0.334 e. The quantitative estimate of drug-likeness (QED) is 0.847. The molecule has 2 aliphatic rings. The highest BCUT2D eigenvalue weighted by atomic mass is 16.1. The third kappa shape index (κ3) is 2.80. The Labute approximate surface area is 121 Å². The fraction of sp³-hybridized carbons (Fsp3) is 0.750. The second-order valence-electron chi connectivity index (χ2n) is 6.23. The smallest absolute Gasteiger partial charge is 0.137 e. The predicted octanol–water partition coefficient (Wildman–Crippen LogP) is 2.42. The zero-order chi connectivity index (χ0) is 13.9. The Kier molecular flexibility index (Phi) is 4.20. The first-order chi connectivity index (χ1) is 9.75. The lowest BCUT2D eigenvalue weighted by Gasteiger charge is -2.33. The number of likely N-dealkylation sites (tertiary alicyclic amines) is 1. The zero-order valence-electron chi connectivity index (χ0n) is 12.4. The van der Waals surface area contributed by atoms with Crippen LogP contribution in [0.3, 0.4) is 0 Å². The molecule has 1 aromatic rings. The average molecular weight is 275 g/mol. The molecule has 0 bridgehead atoms. The van der Waals surface area contributed by atoms with Crippen molar-refractivity contribution in [2.75, 3.05) is 13.1 Å². The van der Waals surface area contributed by atoms with Crippen LogP contribution in [0.5, 0.6) is 0 Å². The van der Waals surface area contributed by atoms with Crippen LogP contribution >= 0.6 is 0 Å². The molecule has 0 N–H and O–H groups in total. The molecule has 2 unspecified atom stereocenters. The van der Waals surface area contributed by atoms with Gasteiger partial charge in [-0.15, -0.1) is 0 Å². The minimum absolute atomic E-state index is 0.315. The Morgan fingerprint density at radius 2 is 2.15 bits per heavy atom. The van der Waals surface area contributed by atoms with Gasteiger partial charge in [0.25, 0.3) is 0 Å². The molecule has 0 radical (unpaired) electrons. The summed E-state index contributed by atoms with van der Waals surface area (Å²) in [5, 5.41) is 0. The average Bonchev–Trinajstić information content (AvgIpc) is 3.06. The Balaban J connectivity index is 1.60. The van der Waals surface area contributed by atoms with Gasteiger partial charge in [-0.1, -0.05) is 6.42 Å². The maximum Gasteiger partial charge on any atom is 0.137 e. The van der Waals surface area contributed by atoms with E-state index in [0.29, 0.717) is 17.7 Å². The molecule has 1 saturated carbocycles. The highest BCUT2D eigenvalue weighted by Crippen LogP contribution is 2.32. The number of carbonyl (C=O) groups excluding carboxylic acids is 1. The zero-order valence-corrected chi connectivity index (χ0v) is 12.4. The molecule has 0 amide bonds. The van der Waals surface area contributed by atoms with Crippen molar-refractivity contribution in [2.45, 2.75) is 58.0 Å². The van der Waals surface area contributed by atoms with Crippen molar-refractivity contribution < 1.29 is 4.79 Å². The lowest BCUT2D eigenvalue weighted by atomic mass is 9.82. The molecule has 3 rings (SSSR count). The van der Waals surface area contributed by atoms with Gasteiger partial charge in [-0.05, 0) is 39.2 Å². The van der Waals surface area contributed by atoms with Crippen molar-refractivity contribution in [3.63, 3.8) is 0 Å². The molecule has 1 aromatic heterocycles. The van der Waals surface area contributed by atoms with Gasteiger partial charge in [0.2, 0.25) is 0 Å². The Bertz CT molecular complexity index is 468. The largest absolute Gasteiger partial charge is 0.334 e. The Hall–Kier alpha value is -1.16. The molecule has 1 aliphatic heterocycles. The summed E-state index contributed by atoms with van der Waals surface area (Å²) < 4.78 is 2.21. The van der Waals surface area contributed by atoms with Gasteiger partial charge < -0.3 is 4.57 Å². The molecule has 2 heterocycles. The third-order valence-corrected chi connectivity index (χ3v) is 5.03. The summed E-state index contributed by atoms with van der Waals surface area (Å²) in [6.45, 7) is 5.24. The molecule has 110 valence electrons. The van der Waals surface area contributed by atoms with E-state index in [1.165, 1.54) is 19.3 Å². The normalized spacial score (nSPS) is 28.1. The molecule has 0 spiro atoms. The molecule has 1 saturated heterocycles. The van der Waals surface area contributed by atoms with Crippen molar-refractivity contribution in [2.24, 2.45) is 5.92 Å². The number of carbonyl (C=O) groups is 1. The molecule has 20 heavy (non-hydrogen) atoms. The number of nitrogens with zero attached hydrogens (tertiary/aromatic N) is 3. The molecule has 1 aliphatic carbocycles. The second-order valence-corrected chi connectivity index (χ2v) is 6.23. The molecule has 0 aromatic carbocycles. The number of imidazole rings is 1. The van der Waals surface area contributed by atoms with E-state index >= 15 is 0 Å². The highest BCUT2D eigenvalue weighted by molar-refractivity contribution is 5.82. The third-order valence-electron chi connectivity index (χ3n) is 5.03. The van der Waals surface area contributed by atoms with Gasteiger partial charge in [0.05, 0.1) is 0 Å². The van der Waals surface area contributed by atoms with E-state index in [1.807, 2.05) is 19.3 Å². The first-order valence-corrected chi connectivity index (χ1v) is 8.00. The van der Waals surface area contributed by atoms with E-state index in [9.17, 15) is 4.79 Å². The summed E-state index contributed by atoms with van der Waals surface area (Å²) in [7, 11) is 0. The van der Waals surface area contributed by atoms with Crippen LogP contribution in [-0.4, -0.2) is 39.4 Å². The number of hydrogen-bond donors (Lipinski definition) is 0. The maximum atomic E-state index is 12.2. The number of aryl methyl sites for hydroxylation is 1. The van der Waals surface area contributed by atoms with Gasteiger partial charge in [-0.3, -0.25) is 9.69 Å². The Morgan fingerprint density at radius 3 is 2.90 bits per heavy atom. The highest BCUT2D eigenvalue weighted by Gasteiger charge is 2.36. The van der Waals surface area contributed by atoms with Crippen LogP contribution in [0.1, 0.15) is 44.3 Å². The standard InChI is InChI=1S/C16H25N3O/c1-13-17-8-10-18(13)11-12-19-9-4-6-15(19)14-5-2-3-7-16(14)20/h8,10,14-15H,2-7,9,11-12H2,1H3. The van der Waals surface area contributed by atoms with Gasteiger partial charge >= 0.3 is 0 Å². The second kappa shape index (κ2) is 6.08. The topological polar surface area (TPSA) is 38.1 Å². The summed E-state index contributed by atoms with van der Waals surface area (Å²) in [5.41, 5.74) is 0. The SMILES string of the molecule is Cc1nccn1CCN1CCCC1C1CCCCC1=O. The predicted molar refractivity (Wildman–Crippen MR) is 78.5 cm³/mol. The summed E-state index contributed by atoms with van der Waals surface area (Å²) >= 11 is 0. The van der Waals surface area contributed by atoms with E-state index in [-0.39, 0.29) is 0 Å². The van der Waals surface area contributed by atoms with Crippen molar-refractivity contribution in [3.05, 3.63) is 18.2 Å². The summed E-state index contributed by atoms with van der Waals surface area (Å²) in [6.07, 6.45) is 10.6. The Morgan fingerprint density at radius 1 is 1.25 bits per heavy atom. The van der Waals surface area contributed by atoms with Crippen molar-refractivity contribution in [1.82, 2.24) is 14.5 Å². The van der Waals surface area contributed by atoms with Crippen LogP contribution in [0.25, 0.3) is 0 Å². The lowest BCUT2D eigenvalue weighted by molar-refractivity contribution is -0.126. The first kappa shape index (κ1) is 13.8. The number of ketones is 1. The van der Waals surface area contributed by atoms with Crippen LogP contribution in [0.15, 0.2) is 12.4 Å². The molecule has 2 atom stereocenters. The fourth-order valence-electron chi connectivity index (χ4n) is 3.88. The van der Waals surface area contributed by atoms with E-state index in [2.05, 4.69) is 14.5 Å². The van der Waals surface area contributed by atoms with Gasteiger partial charge in [0, 0.05) is 43.9 Å². The van der Waals surface area contributed by atoms with Crippen LogP contribution in [-0.2, 0) is 11.3 Å². The number of aromatic nitrogens is 2. The summed E-state index contributed by atoms with van der Waals surface area (Å²) in [5.74, 6) is 1.91. The summed E-state index contributed by atoms with van der Waals surface area (Å²) in [4.78, 5) is 19.0. The van der Waals surface area contributed by atoms with E-state index in [0.717, 1.165) is 44.7 Å². The molecule has 2 fully saturated rings. The van der Waals surface area contributed by atoms with Crippen LogP contribution < -0.4 is 0 Å². The molecular weight excluding hydrogens is 250 g/mol. The molecular formula is C16H25N3O. The van der Waals surface area contributed by atoms with Crippen LogP contribution in [0, 0.1) is 12.8 Å². The van der Waals surface area contributed by atoms with Crippen molar-refractivity contribution >= 4 is 5.78 Å².